The first-order valence-corrected chi connectivity index (χ1v) is 3.53. The van der Waals surface area contributed by atoms with Gasteiger partial charge in [-0.05, 0) is 12.5 Å². The first-order valence-electron chi connectivity index (χ1n) is 1.78. The zero-order valence-electron chi connectivity index (χ0n) is 4.24. The molecule has 0 unspecified atom stereocenters. The van der Waals surface area contributed by atoms with Gasteiger partial charge in [-0.2, -0.15) is 0 Å². The summed E-state index contributed by atoms with van der Waals surface area (Å²) < 4.78 is -0.750. The topological polar surface area (TPSA) is 0 Å². The average molecular weight is 196 g/mol. The quantitative estimate of drug-likeness (QED) is 0.517. The lowest BCUT2D eigenvalue weighted by Crippen LogP contribution is -1.55. The van der Waals surface area contributed by atoms with Crippen molar-refractivity contribution in [3.63, 3.8) is 0 Å². The maximum atomic E-state index is 5.01. The summed E-state index contributed by atoms with van der Waals surface area (Å²) in [5.74, 6) is 0. The molecule has 0 fully saturated rings. The molecule has 0 saturated heterocycles. The predicted octanol–water partition coefficient (Wildman–Crippen LogP) is 3.75. The van der Waals surface area contributed by atoms with E-state index >= 15 is 0 Å². The zero-order valence-corrected chi connectivity index (χ0v) is 7.27. The number of hydrogen-bond donors (Lipinski definition) is 0. The van der Waals surface area contributed by atoms with E-state index in [0.29, 0.717) is 0 Å². The van der Waals surface area contributed by atoms with Crippen molar-refractivity contribution < 1.29 is 0 Å². The molecule has 0 rings (SSSR count). The molecule has 0 atom stereocenters. The second-order valence-electron chi connectivity index (χ2n) is 0.707. The first kappa shape index (κ1) is 11.7. The van der Waals surface area contributed by atoms with Gasteiger partial charge in [0.1, 0.15) is 0 Å². The molecule has 0 nitrogen and oxygen atoms in total. The van der Waals surface area contributed by atoms with E-state index in [1.165, 1.54) is 5.54 Å². The van der Waals surface area contributed by atoms with Gasteiger partial charge in [-0.1, -0.05) is 52.5 Å². The second kappa shape index (κ2) is 10.8. The van der Waals surface area contributed by atoms with Crippen molar-refractivity contribution in [3.05, 3.63) is 11.6 Å². The van der Waals surface area contributed by atoms with Crippen LogP contribution in [0.3, 0.4) is 0 Å². The Bertz CT molecular complexity index is 43.2. The zero-order chi connectivity index (χ0) is 6.99. The van der Waals surface area contributed by atoms with Crippen LogP contribution in [0.4, 0.5) is 0 Å². The van der Waals surface area contributed by atoms with E-state index < -0.39 is 4.30 Å². The van der Waals surface area contributed by atoms with E-state index in [9.17, 15) is 0 Å². The molecule has 0 aromatic heterocycles. The van der Waals surface area contributed by atoms with Crippen LogP contribution < -0.4 is 0 Å². The molecule has 0 heterocycles. The Morgan fingerprint density at radius 1 is 1.25 bits per heavy atom. The third-order valence-corrected chi connectivity index (χ3v) is 0.378. The maximum Gasteiger partial charge on any atom is 0.180 e. The van der Waals surface area contributed by atoms with Crippen LogP contribution in [0.5, 0.6) is 0 Å². The fourth-order valence-corrected chi connectivity index (χ4v) is 0. The van der Waals surface area contributed by atoms with Crippen molar-refractivity contribution in [2.45, 2.75) is 11.2 Å². The van der Waals surface area contributed by atoms with E-state index in [2.05, 4.69) is 0 Å². The van der Waals surface area contributed by atoms with E-state index in [0.717, 1.165) is 0 Å². The smallest absolute Gasteiger partial charge is 0.0933 e. The highest BCUT2D eigenvalue weighted by molar-refractivity contribution is 6.63. The molecule has 8 heavy (non-hydrogen) atoms. The minimum atomic E-state index is -0.750. The van der Waals surface area contributed by atoms with Crippen molar-refractivity contribution >= 4 is 46.4 Å². The molecule has 0 saturated carbocycles. The molecule has 0 bridgehead atoms. The summed E-state index contributed by atoms with van der Waals surface area (Å²) in [6, 6.07) is 0. The lowest BCUT2D eigenvalue weighted by molar-refractivity contribution is 1.78. The van der Waals surface area contributed by atoms with E-state index in [1.54, 1.807) is 6.08 Å². The fraction of sp³-hybridized carbons (Fsp3) is 0.500. The largest absolute Gasteiger partial charge is 0.180 e. The van der Waals surface area contributed by atoms with Gasteiger partial charge in [0, 0.05) is 0 Å². The van der Waals surface area contributed by atoms with Crippen molar-refractivity contribution in [1.82, 2.24) is 0 Å². The Morgan fingerprint density at radius 3 is 1.38 bits per heavy atom. The van der Waals surface area contributed by atoms with Gasteiger partial charge in [0.25, 0.3) is 0 Å². The SMILES string of the molecule is CC=CCl.ClC(Cl)Cl. The number of rotatable bonds is 0. The fourth-order valence-electron chi connectivity index (χ4n) is 0. The molecule has 0 spiro atoms. The lowest BCUT2D eigenvalue weighted by Gasteiger charge is -1.69. The summed E-state index contributed by atoms with van der Waals surface area (Å²) in [5.41, 5.74) is 1.47. The highest BCUT2D eigenvalue weighted by Gasteiger charge is 1.78. The minimum absolute atomic E-state index is 0.750. The normalized spacial score (nSPS) is 9.25. The Kier molecular flexibility index (Phi) is 15.8. The Balaban J connectivity index is 0. The van der Waals surface area contributed by atoms with E-state index in [4.69, 9.17) is 46.4 Å². The minimum Gasteiger partial charge on any atom is -0.0933 e. The van der Waals surface area contributed by atoms with Gasteiger partial charge in [0.05, 0.1) is 0 Å². The van der Waals surface area contributed by atoms with Gasteiger partial charge in [-0.25, -0.2) is 0 Å². The lowest BCUT2D eigenvalue weighted by atomic mass is 10.8. The van der Waals surface area contributed by atoms with Gasteiger partial charge in [-0.15, -0.1) is 0 Å². The van der Waals surface area contributed by atoms with Crippen LogP contribution in [0.25, 0.3) is 0 Å². The molecule has 0 aliphatic heterocycles. The van der Waals surface area contributed by atoms with Crippen LogP contribution in [-0.2, 0) is 0 Å². The number of alkyl halides is 3. The van der Waals surface area contributed by atoms with Crippen molar-refractivity contribution in [2.75, 3.05) is 0 Å². The molecule has 0 aromatic carbocycles. The first-order chi connectivity index (χ1) is 3.65. The van der Waals surface area contributed by atoms with Crippen LogP contribution in [0.15, 0.2) is 11.6 Å². The van der Waals surface area contributed by atoms with Crippen molar-refractivity contribution in [3.8, 4) is 0 Å². The summed E-state index contributed by atoms with van der Waals surface area (Å²) in [6.07, 6.45) is 1.77. The summed E-state index contributed by atoms with van der Waals surface area (Å²) >= 11 is 19.4. The van der Waals surface area contributed by atoms with Crippen LogP contribution in [0, 0.1) is 0 Å². The molecular weight excluding hydrogens is 190 g/mol. The number of halogens is 4. The van der Waals surface area contributed by atoms with E-state index in [-0.39, 0.29) is 0 Å². The molecule has 0 N–H and O–H groups in total. The highest BCUT2D eigenvalue weighted by Crippen LogP contribution is 2.03. The van der Waals surface area contributed by atoms with Crippen LogP contribution in [0.2, 0.25) is 0 Å². The van der Waals surface area contributed by atoms with Gasteiger partial charge in [0.15, 0.2) is 4.30 Å². The number of hydrogen-bond acceptors (Lipinski definition) is 0. The van der Waals surface area contributed by atoms with Crippen LogP contribution >= 0.6 is 46.4 Å². The summed E-state index contributed by atoms with van der Waals surface area (Å²) in [5, 5.41) is 0. The number of allylic oxidation sites excluding steroid dienone is 1. The third kappa shape index (κ3) is 66.5. The summed E-state index contributed by atoms with van der Waals surface area (Å²) in [7, 11) is 0. The van der Waals surface area contributed by atoms with Crippen LogP contribution in [-0.4, -0.2) is 4.30 Å². The van der Waals surface area contributed by atoms with Crippen LogP contribution in [0.1, 0.15) is 6.92 Å². The molecule has 4 heteroatoms. The van der Waals surface area contributed by atoms with Crippen molar-refractivity contribution in [2.24, 2.45) is 0 Å². The third-order valence-electron chi connectivity index (χ3n) is 0.126. The van der Waals surface area contributed by atoms with Gasteiger partial charge in [0.2, 0.25) is 0 Å². The van der Waals surface area contributed by atoms with E-state index in [1.807, 2.05) is 6.92 Å². The maximum absolute atomic E-state index is 5.01. The molecular formula is C4H6Cl4. The molecule has 0 amide bonds. The molecule has 50 valence electrons. The highest BCUT2D eigenvalue weighted by atomic mass is 35.6. The monoisotopic (exact) mass is 194 g/mol. The standard InChI is InChI=1S/C3H5Cl.CHCl3/c1-2-3-4;2-1(3)4/h2-3H,1H3;1H. The van der Waals surface area contributed by atoms with Crippen molar-refractivity contribution in [1.29, 1.82) is 0 Å². The molecule has 0 aliphatic rings. The molecule has 0 radical (unpaired) electrons. The van der Waals surface area contributed by atoms with Gasteiger partial charge >= 0.3 is 0 Å². The predicted molar refractivity (Wildman–Crippen MR) is 42.0 cm³/mol. The molecule has 0 aromatic rings. The Hall–Kier alpha value is 0.900. The average Bonchev–Trinajstić information content (AvgIpc) is 1.65. The Morgan fingerprint density at radius 2 is 1.38 bits per heavy atom. The second-order valence-corrected chi connectivity index (χ2v) is 2.94. The summed E-state index contributed by atoms with van der Waals surface area (Å²) in [6.45, 7) is 1.87. The van der Waals surface area contributed by atoms with Gasteiger partial charge < -0.3 is 0 Å². The summed E-state index contributed by atoms with van der Waals surface area (Å²) in [4.78, 5) is 0. The molecule has 0 aliphatic carbocycles. The Labute approximate surface area is 69.4 Å². The van der Waals surface area contributed by atoms with Gasteiger partial charge in [-0.3, -0.25) is 0 Å².